The molecule has 0 saturated carbocycles. The number of alkyl carbamates (subject to hydrolysis) is 1. The number of carbonyl (C=O) groups is 2. The third-order valence-electron chi connectivity index (χ3n) is 5.64. The van der Waals surface area contributed by atoms with Gasteiger partial charge in [-0.3, -0.25) is 0 Å². The third-order valence-corrected chi connectivity index (χ3v) is 5.64. The fourth-order valence-electron chi connectivity index (χ4n) is 3.95. The number of esters is 1. The molecule has 0 aliphatic carbocycles. The first-order chi connectivity index (χ1) is 16.2. The number of carbonyl (C=O) groups excluding carboxylic acids is 2. The van der Waals surface area contributed by atoms with Gasteiger partial charge < -0.3 is 24.6 Å². The van der Waals surface area contributed by atoms with Gasteiger partial charge in [0.15, 0.2) is 0 Å². The van der Waals surface area contributed by atoms with Gasteiger partial charge in [0.2, 0.25) is 0 Å². The molecule has 0 radical (unpaired) electrons. The Morgan fingerprint density at radius 2 is 1.69 bits per heavy atom. The minimum atomic E-state index is -0.847. The quantitative estimate of drug-likeness (QED) is 0.442. The van der Waals surface area contributed by atoms with Crippen molar-refractivity contribution in [2.24, 2.45) is 0 Å². The summed E-state index contributed by atoms with van der Waals surface area (Å²) in [5.74, 6) is 0.369. The number of benzene rings is 2. The lowest BCUT2D eigenvalue weighted by Gasteiger charge is -2.30. The maximum absolute atomic E-state index is 12.4. The number of hydrogen-bond acceptors (Lipinski definition) is 6. The van der Waals surface area contributed by atoms with E-state index >= 15 is 0 Å². The molecule has 7 heteroatoms. The molecule has 35 heavy (non-hydrogen) atoms. The van der Waals surface area contributed by atoms with Gasteiger partial charge in [0.25, 0.3) is 0 Å². The number of phenols is 1. The highest BCUT2D eigenvalue weighted by atomic mass is 16.6. The van der Waals surface area contributed by atoms with E-state index in [-0.39, 0.29) is 12.4 Å². The largest absolute Gasteiger partial charge is 0.508 e. The van der Waals surface area contributed by atoms with Crippen molar-refractivity contribution < 1.29 is 28.9 Å². The van der Waals surface area contributed by atoms with Crippen LogP contribution in [0.1, 0.15) is 70.2 Å². The highest BCUT2D eigenvalue weighted by Gasteiger charge is 2.30. The normalized spacial score (nSPS) is 12.6. The smallest absolute Gasteiger partial charge is 0.408 e. The Morgan fingerprint density at radius 1 is 1.06 bits per heavy atom. The Balaban J connectivity index is 2.04. The Hall–Kier alpha value is -3.22. The first kappa shape index (κ1) is 28.0. The molecule has 2 aromatic rings. The van der Waals surface area contributed by atoms with Gasteiger partial charge in [-0.2, -0.15) is 0 Å². The fourth-order valence-corrected chi connectivity index (χ4v) is 3.95. The van der Waals surface area contributed by atoms with Crippen LogP contribution in [-0.2, 0) is 26.3 Å². The molecule has 2 N–H and O–H groups in total. The second-order valence-corrected chi connectivity index (χ2v) is 10.5. The van der Waals surface area contributed by atoms with Gasteiger partial charge in [0.1, 0.15) is 29.7 Å². The SMILES string of the molecule is Cc1cc(O)c(C(C)(C)CCOC(=O)[C@H](C)NC(=O)OC(C)(C)C)c(C)c1OCc1ccccc1. The molecule has 7 nitrogen and oxygen atoms in total. The number of hydrogen-bond donors (Lipinski definition) is 2. The molecule has 2 aromatic carbocycles. The van der Waals surface area contributed by atoms with Crippen LogP contribution in [0.4, 0.5) is 4.79 Å². The topological polar surface area (TPSA) is 94.1 Å². The van der Waals surface area contributed by atoms with Crippen molar-refractivity contribution in [3.63, 3.8) is 0 Å². The molecule has 0 saturated heterocycles. The standard InChI is InChI=1S/C28H39NO6/c1-18-16-22(30)23(19(2)24(18)34-17-21-12-10-9-11-13-21)28(7,8)14-15-33-25(31)20(3)29-26(32)35-27(4,5)6/h9-13,16,20,30H,14-15,17H2,1-8H3,(H,29,32)/t20-/m0/s1. The molecule has 0 spiro atoms. The molecule has 0 aliphatic heterocycles. The maximum Gasteiger partial charge on any atom is 0.408 e. The lowest BCUT2D eigenvalue weighted by molar-refractivity contribution is -0.146. The zero-order chi connectivity index (χ0) is 26.4. The zero-order valence-electron chi connectivity index (χ0n) is 22.2. The summed E-state index contributed by atoms with van der Waals surface area (Å²) < 4.78 is 16.7. The van der Waals surface area contributed by atoms with Crippen molar-refractivity contribution in [1.29, 1.82) is 0 Å². The van der Waals surface area contributed by atoms with E-state index in [2.05, 4.69) is 5.32 Å². The summed E-state index contributed by atoms with van der Waals surface area (Å²) in [6.45, 7) is 15.2. The monoisotopic (exact) mass is 485 g/mol. The van der Waals surface area contributed by atoms with Crippen molar-refractivity contribution in [1.82, 2.24) is 5.32 Å². The van der Waals surface area contributed by atoms with Crippen LogP contribution in [0.15, 0.2) is 36.4 Å². The molecular formula is C28H39NO6. The van der Waals surface area contributed by atoms with Gasteiger partial charge in [-0.05, 0) is 76.1 Å². The average molecular weight is 486 g/mol. The van der Waals surface area contributed by atoms with Crippen LogP contribution in [0, 0.1) is 13.8 Å². The summed E-state index contributed by atoms with van der Waals surface area (Å²) in [6, 6.07) is 10.8. The van der Waals surface area contributed by atoms with Gasteiger partial charge in [0.05, 0.1) is 6.61 Å². The van der Waals surface area contributed by atoms with Crippen LogP contribution in [0.3, 0.4) is 0 Å². The van der Waals surface area contributed by atoms with E-state index in [1.54, 1.807) is 33.8 Å². The number of amides is 1. The summed E-state index contributed by atoms with van der Waals surface area (Å²) in [7, 11) is 0. The molecule has 2 rings (SSSR count). The van der Waals surface area contributed by atoms with Crippen LogP contribution in [0.25, 0.3) is 0 Å². The second kappa shape index (κ2) is 11.5. The van der Waals surface area contributed by atoms with Gasteiger partial charge in [-0.1, -0.05) is 44.2 Å². The van der Waals surface area contributed by atoms with Gasteiger partial charge in [0, 0.05) is 5.56 Å². The van der Waals surface area contributed by atoms with Crippen molar-refractivity contribution >= 4 is 12.1 Å². The Bertz CT molecular complexity index is 1020. The predicted octanol–water partition coefficient (Wildman–Crippen LogP) is 5.71. The second-order valence-electron chi connectivity index (χ2n) is 10.5. The lowest BCUT2D eigenvalue weighted by atomic mass is 9.78. The van der Waals surface area contributed by atoms with E-state index < -0.39 is 29.1 Å². The molecule has 1 amide bonds. The minimum Gasteiger partial charge on any atom is -0.508 e. The maximum atomic E-state index is 12.4. The summed E-state index contributed by atoms with van der Waals surface area (Å²) in [5.41, 5.74) is 2.35. The minimum absolute atomic E-state index is 0.124. The highest BCUT2D eigenvalue weighted by molar-refractivity contribution is 5.81. The molecule has 0 fully saturated rings. The van der Waals surface area contributed by atoms with Crippen LogP contribution >= 0.6 is 0 Å². The zero-order valence-corrected chi connectivity index (χ0v) is 22.2. The summed E-state index contributed by atoms with van der Waals surface area (Å²) in [5, 5.41) is 13.3. The molecule has 0 unspecified atom stereocenters. The van der Waals surface area contributed by atoms with Gasteiger partial charge in [-0.25, -0.2) is 9.59 Å². The first-order valence-electron chi connectivity index (χ1n) is 11.9. The highest BCUT2D eigenvalue weighted by Crippen LogP contribution is 2.42. The number of nitrogens with one attached hydrogen (secondary N) is 1. The summed E-state index contributed by atoms with van der Waals surface area (Å²) in [6.07, 6.45) is -0.210. The van der Waals surface area contributed by atoms with Crippen molar-refractivity contribution in [3.05, 3.63) is 58.7 Å². The Kier molecular flexibility index (Phi) is 9.18. The Morgan fingerprint density at radius 3 is 2.29 bits per heavy atom. The molecule has 192 valence electrons. The number of rotatable bonds is 9. The van der Waals surface area contributed by atoms with Crippen molar-refractivity contribution in [2.75, 3.05) is 6.61 Å². The summed E-state index contributed by atoms with van der Waals surface area (Å²) >= 11 is 0. The van der Waals surface area contributed by atoms with E-state index in [0.717, 1.165) is 28.0 Å². The molecular weight excluding hydrogens is 446 g/mol. The summed E-state index contributed by atoms with van der Waals surface area (Å²) in [4.78, 5) is 24.2. The van der Waals surface area contributed by atoms with E-state index in [4.69, 9.17) is 14.2 Å². The number of aryl methyl sites for hydroxylation is 1. The van der Waals surface area contributed by atoms with Crippen LogP contribution in [0.2, 0.25) is 0 Å². The average Bonchev–Trinajstić information content (AvgIpc) is 2.72. The van der Waals surface area contributed by atoms with E-state index in [1.807, 2.05) is 58.0 Å². The molecule has 0 bridgehead atoms. The van der Waals surface area contributed by atoms with Crippen LogP contribution < -0.4 is 10.1 Å². The number of aromatic hydroxyl groups is 1. The number of ether oxygens (including phenoxy) is 3. The fraction of sp³-hybridized carbons (Fsp3) is 0.500. The molecule has 1 atom stereocenters. The van der Waals surface area contributed by atoms with Crippen LogP contribution in [0.5, 0.6) is 11.5 Å². The lowest BCUT2D eigenvalue weighted by Crippen LogP contribution is -2.42. The van der Waals surface area contributed by atoms with Crippen molar-refractivity contribution in [2.45, 2.75) is 85.5 Å². The predicted molar refractivity (Wildman–Crippen MR) is 136 cm³/mol. The van der Waals surface area contributed by atoms with E-state index in [0.29, 0.717) is 13.0 Å². The number of phenolic OH excluding ortho intramolecular Hbond substituents is 1. The van der Waals surface area contributed by atoms with E-state index in [1.165, 1.54) is 0 Å². The van der Waals surface area contributed by atoms with Gasteiger partial charge in [-0.15, -0.1) is 0 Å². The van der Waals surface area contributed by atoms with Crippen molar-refractivity contribution in [3.8, 4) is 11.5 Å². The first-order valence-corrected chi connectivity index (χ1v) is 11.9. The van der Waals surface area contributed by atoms with E-state index in [9.17, 15) is 14.7 Å². The molecule has 0 aliphatic rings. The van der Waals surface area contributed by atoms with Crippen LogP contribution in [-0.4, -0.2) is 35.4 Å². The van der Waals surface area contributed by atoms with Gasteiger partial charge >= 0.3 is 12.1 Å². The molecule has 0 aromatic heterocycles. The molecule has 0 heterocycles. The Labute approximate surface area is 208 Å². The third kappa shape index (κ3) is 8.19.